The van der Waals surface area contributed by atoms with Crippen molar-refractivity contribution < 1.29 is 17.9 Å². The van der Waals surface area contributed by atoms with Gasteiger partial charge in [-0.2, -0.15) is 4.31 Å². The summed E-state index contributed by atoms with van der Waals surface area (Å²) in [4.78, 5) is 27.4. The zero-order chi connectivity index (χ0) is 23.8. The van der Waals surface area contributed by atoms with Crippen LogP contribution < -0.4 is 5.56 Å². The number of hydrogen-bond acceptors (Lipinski definition) is 5. The van der Waals surface area contributed by atoms with Crippen molar-refractivity contribution in [2.75, 3.05) is 13.2 Å². The van der Waals surface area contributed by atoms with Crippen molar-refractivity contribution in [1.82, 2.24) is 9.29 Å². The topological polar surface area (TPSA) is 96.5 Å². The highest BCUT2D eigenvalue weighted by Crippen LogP contribution is 2.24. The molecule has 0 radical (unpaired) electrons. The van der Waals surface area contributed by atoms with Gasteiger partial charge in [-0.3, -0.25) is 9.59 Å². The number of pyridine rings is 1. The van der Waals surface area contributed by atoms with Crippen molar-refractivity contribution >= 4 is 26.7 Å². The Morgan fingerprint density at radius 1 is 1.15 bits per heavy atom. The van der Waals surface area contributed by atoms with Crippen LogP contribution in [0.15, 0.2) is 52.2 Å². The molecule has 1 fully saturated rings. The average molecular weight is 469 g/mol. The third-order valence-corrected chi connectivity index (χ3v) is 7.89. The van der Waals surface area contributed by atoms with E-state index in [0.29, 0.717) is 17.7 Å². The Labute approximate surface area is 193 Å². The Morgan fingerprint density at radius 2 is 1.88 bits per heavy atom. The summed E-state index contributed by atoms with van der Waals surface area (Å²) in [5, 5.41) is 0.885. The zero-order valence-electron chi connectivity index (χ0n) is 19.1. The molecule has 2 heterocycles. The van der Waals surface area contributed by atoms with Crippen molar-refractivity contribution in [2.24, 2.45) is 0 Å². The lowest BCUT2D eigenvalue weighted by Gasteiger charge is -2.25. The molecule has 4 rings (SSSR count). The number of rotatable bonds is 7. The molecule has 1 N–H and O–H groups in total. The number of fused-ring (bicyclic) bond motifs is 1. The molecule has 1 unspecified atom stereocenters. The number of Topliss-reactive ketones (excluding diaryl/α,β-unsaturated/α-hetero) is 1. The van der Waals surface area contributed by atoms with Crippen LogP contribution in [-0.4, -0.2) is 42.7 Å². The molecule has 0 spiro atoms. The number of benzene rings is 2. The molecule has 1 aliphatic rings. The van der Waals surface area contributed by atoms with Gasteiger partial charge in [0.25, 0.3) is 5.56 Å². The van der Waals surface area contributed by atoms with Crippen molar-refractivity contribution in [1.29, 1.82) is 0 Å². The average Bonchev–Trinajstić information content (AvgIpc) is 3.27. The van der Waals surface area contributed by atoms with Gasteiger partial charge in [0.1, 0.15) is 0 Å². The van der Waals surface area contributed by atoms with E-state index < -0.39 is 10.0 Å². The molecule has 2 aromatic carbocycles. The maximum atomic E-state index is 13.6. The molecule has 174 valence electrons. The van der Waals surface area contributed by atoms with Gasteiger partial charge in [0, 0.05) is 41.7 Å². The van der Waals surface area contributed by atoms with Gasteiger partial charge in [-0.25, -0.2) is 8.42 Å². The number of carbonyl (C=O) groups excluding carboxylic acids is 1. The second-order valence-corrected chi connectivity index (χ2v) is 10.6. The summed E-state index contributed by atoms with van der Waals surface area (Å²) in [7, 11) is -3.93. The van der Waals surface area contributed by atoms with Crippen LogP contribution in [0, 0.1) is 13.8 Å². The number of carbonyl (C=O) groups is 1. The number of aryl methyl sites for hydroxylation is 2. The van der Waals surface area contributed by atoms with Gasteiger partial charge in [-0.15, -0.1) is 0 Å². The molecule has 0 amide bonds. The monoisotopic (exact) mass is 468 g/mol. The minimum atomic E-state index is -3.93. The summed E-state index contributed by atoms with van der Waals surface area (Å²) in [5.74, 6) is -0.136. The Balaban J connectivity index is 1.73. The van der Waals surface area contributed by atoms with E-state index in [1.807, 2.05) is 26.0 Å². The maximum Gasteiger partial charge on any atom is 0.252 e. The van der Waals surface area contributed by atoms with Crippen LogP contribution in [0.3, 0.4) is 0 Å². The standard InChI is InChI=1S/C25H28N2O5S/c1-16-11-17(2)23-13-20(25(29)26-24(23)12-16)14-27(15-21-5-4-10-32-21)33(30,31)22-8-6-19(7-9-22)18(3)28/h6-9,11-13,21H,4-5,10,14-15H2,1-3H3,(H,26,29). The van der Waals surface area contributed by atoms with Gasteiger partial charge in [0.15, 0.2) is 5.78 Å². The minimum absolute atomic E-state index is 0.0742. The van der Waals surface area contributed by atoms with Crippen molar-refractivity contribution in [2.45, 2.75) is 51.2 Å². The van der Waals surface area contributed by atoms with E-state index in [4.69, 9.17) is 4.74 Å². The van der Waals surface area contributed by atoms with Crippen LogP contribution in [0.2, 0.25) is 0 Å². The first-order chi connectivity index (χ1) is 15.6. The molecule has 7 nitrogen and oxygen atoms in total. The Bertz CT molecular complexity index is 1350. The second-order valence-electron chi connectivity index (χ2n) is 8.68. The van der Waals surface area contributed by atoms with Crippen molar-refractivity contribution in [3.8, 4) is 0 Å². The van der Waals surface area contributed by atoms with E-state index in [9.17, 15) is 18.0 Å². The van der Waals surface area contributed by atoms with E-state index >= 15 is 0 Å². The number of ether oxygens (including phenoxy) is 1. The molecule has 8 heteroatoms. The molecular weight excluding hydrogens is 440 g/mol. The minimum Gasteiger partial charge on any atom is -0.377 e. The third kappa shape index (κ3) is 4.93. The summed E-state index contributed by atoms with van der Waals surface area (Å²) >= 11 is 0. The van der Waals surface area contributed by atoms with Crippen LogP contribution in [0.4, 0.5) is 0 Å². The highest BCUT2D eigenvalue weighted by atomic mass is 32.2. The van der Waals surface area contributed by atoms with E-state index in [1.54, 1.807) is 6.07 Å². The largest absolute Gasteiger partial charge is 0.377 e. The summed E-state index contributed by atoms with van der Waals surface area (Å²) < 4.78 is 34.1. The molecule has 1 aliphatic heterocycles. The van der Waals surface area contributed by atoms with Crippen LogP contribution in [0.5, 0.6) is 0 Å². The predicted molar refractivity (Wildman–Crippen MR) is 127 cm³/mol. The molecule has 1 saturated heterocycles. The molecule has 33 heavy (non-hydrogen) atoms. The first-order valence-electron chi connectivity index (χ1n) is 11.0. The quantitative estimate of drug-likeness (QED) is 0.533. The first kappa shape index (κ1) is 23.4. The summed E-state index contributed by atoms with van der Waals surface area (Å²) in [6, 6.07) is 11.6. The van der Waals surface area contributed by atoms with Gasteiger partial charge < -0.3 is 9.72 Å². The maximum absolute atomic E-state index is 13.6. The number of aromatic nitrogens is 1. The third-order valence-electron chi connectivity index (χ3n) is 6.07. The van der Waals surface area contributed by atoms with Crippen LogP contribution in [-0.2, 0) is 21.3 Å². The predicted octanol–water partition coefficient (Wildman–Crippen LogP) is 3.72. The molecule has 1 aromatic heterocycles. The van der Waals surface area contributed by atoms with Gasteiger partial charge in [-0.05, 0) is 69.0 Å². The molecule has 1 atom stereocenters. The SMILES string of the molecule is CC(=O)c1ccc(S(=O)(=O)N(Cc2cc3c(C)cc(C)cc3[nH]c2=O)CC2CCCO2)cc1. The zero-order valence-corrected chi connectivity index (χ0v) is 19.9. The lowest BCUT2D eigenvalue weighted by molar-refractivity contribution is 0.0925. The lowest BCUT2D eigenvalue weighted by atomic mass is 10.0. The fourth-order valence-corrected chi connectivity index (χ4v) is 5.75. The fraction of sp³-hybridized carbons (Fsp3) is 0.360. The first-order valence-corrected chi connectivity index (χ1v) is 12.4. The lowest BCUT2D eigenvalue weighted by Crippen LogP contribution is -2.38. The van der Waals surface area contributed by atoms with Crippen LogP contribution in [0.25, 0.3) is 10.9 Å². The van der Waals surface area contributed by atoms with Gasteiger partial charge in [0.2, 0.25) is 10.0 Å². The van der Waals surface area contributed by atoms with E-state index in [1.165, 1.54) is 35.5 Å². The Kier molecular flexibility index (Phi) is 6.52. The van der Waals surface area contributed by atoms with E-state index in [0.717, 1.165) is 34.9 Å². The number of H-pyrrole nitrogens is 1. The second kappa shape index (κ2) is 9.21. The van der Waals surface area contributed by atoms with E-state index in [2.05, 4.69) is 4.98 Å². The normalized spacial score (nSPS) is 16.5. The molecule has 3 aromatic rings. The number of sulfonamides is 1. The number of ketones is 1. The molecule has 0 saturated carbocycles. The van der Waals surface area contributed by atoms with Gasteiger partial charge >= 0.3 is 0 Å². The summed E-state index contributed by atoms with van der Waals surface area (Å²) in [6.45, 7) is 6.04. The highest BCUT2D eigenvalue weighted by molar-refractivity contribution is 7.89. The van der Waals surface area contributed by atoms with Gasteiger partial charge in [-0.1, -0.05) is 18.2 Å². The van der Waals surface area contributed by atoms with Crippen LogP contribution in [0.1, 0.15) is 46.8 Å². The number of nitrogens with one attached hydrogen (secondary N) is 1. The van der Waals surface area contributed by atoms with Crippen molar-refractivity contribution in [3.05, 3.63) is 75.1 Å². The fourth-order valence-electron chi connectivity index (χ4n) is 4.30. The number of hydrogen-bond donors (Lipinski definition) is 1. The molecular formula is C25H28N2O5S. The number of nitrogens with zero attached hydrogens (tertiary/aromatic N) is 1. The highest BCUT2D eigenvalue weighted by Gasteiger charge is 2.30. The Morgan fingerprint density at radius 3 is 2.52 bits per heavy atom. The van der Waals surface area contributed by atoms with Crippen LogP contribution >= 0.6 is 0 Å². The molecule has 0 bridgehead atoms. The summed E-state index contributed by atoms with van der Waals surface area (Å²) in [6.07, 6.45) is 1.42. The smallest absolute Gasteiger partial charge is 0.252 e. The van der Waals surface area contributed by atoms with Crippen molar-refractivity contribution in [3.63, 3.8) is 0 Å². The Hall–Kier alpha value is -2.81. The number of aromatic amines is 1. The summed E-state index contributed by atoms with van der Waals surface area (Å²) in [5.41, 5.74) is 3.28. The van der Waals surface area contributed by atoms with Gasteiger partial charge in [0.05, 0.1) is 11.0 Å². The molecule has 0 aliphatic carbocycles. The van der Waals surface area contributed by atoms with E-state index in [-0.39, 0.29) is 35.4 Å².